The first-order chi connectivity index (χ1) is 12.2. The van der Waals surface area contributed by atoms with Crippen LogP contribution in [-0.2, 0) is 0 Å². The van der Waals surface area contributed by atoms with E-state index in [0.717, 1.165) is 16.8 Å². The minimum atomic E-state index is -0.945. The first-order valence-corrected chi connectivity index (χ1v) is 7.73. The zero-order valence-corrected chi connectivity index (χ0v) is 13.4. The Balaban J connectivity index is 1.95. The van der Waals surface area contributed by atoms with Crippen molar-refractivity contribution in [2.45, 2.75) is 6.92 Å². The second kappa shape index (κ2) is 5.83. The fraction of sp³-hybridized carbons (Fsp3) is 0.0526. The fourth-order valence-electron chi connectivity index (χ4n) is 3.01. The molecule has 0 bridgehead atoms. The average Bonchev–Trinajstić information content (AvgIpc) is 3.06. The summed E-state index contributed by atoms with van der Waals surface area (Å²) in [7, 11) is 0. The lowest BCUT2D eigenvalue weighted by molar-refractivity contribution is 0.0697. The molecule has 25 heavy (non-hydrogen) atoms. The minimum absolute atomic E-state index is 0.276. The summed E-state index contributed by atoms with van der Waals surface area (Å²) in [6.07, 6.45) is 4.91. The van der Waals surface area contributed by atoms with Crippen molar-refractivity contribution < 1.29 is 9.90 Å². The van der Waals surface area contributed by atoms with Gasteiger partial charge in [0.25, 0.3) is 0 Å². The van der Waals surface area contributed by atoms with Gasteiger partial charge in [0.05, 0.1) is 11.3 Å². The molecule has 2 aromatic carbocycles. The molecule has 2 heterocycles. The Kier molecular flexibility index (Phi) is 3.50. The number of hydrogen-bond donors (Lipinski definition) is 1. The van der Waals surface area contributed by atoms with Crippen molar-refractivity contribution in [3.8, 4) is 16.8 Å². The quantitative estimate of drug-likeness (QED) is 0.622. The number of aromatic nitrogens is 4. The maximum atomic E-state index is 11.6. The second-order valence-corrected chi connectivity index (χ2v) is 5.62. The van der Waals surface area contributed by atoms with Crippen molar-refractivity contribution in [1.29, 1.82) is 0 Å². The highest BCUT2D eigenvalue weighted by Gasteiger charge is 2.16. The molecule has 2 aromatic heterocycles. The summed E-state index contributed by atoms with van der Waals surface area (Å²) in [5.74, 6) is -0.945. The van der Waals surface area contributed by atoms with Crippen molar-refractivity contribution >= 4 is 17.3 Å². The van der Waals surface area contributed by atoms with Crippen molar-refractivity contribution in [2.75, 3.05) is 0 Å². The molecule has 0 radical (unpaired) electrons. The molecular formula is C19H14N4O2. The molecule has 0 saturated carbocycles. The molecule has 0 fully saturated rings. The van der Waals surface area contributed by atoms with Crippen LogP contribution in [0, 0.1) is 6.92 Å². The Morgan fingerprint density at radius 3 is 2.56 bits per heavy atom. The van der Waals surface area contributed by atoms with Crippen LogP contribution in [0.3, 0.4) is 0 Å². The second-order valence-electron chi connectivity index (χ2n) is 5.62. The summed E-state index contributed by atoms with van der Waals surface area (Å²) in [6, 6.07) is 12.8. The normalized spacial score (nSPS) is 10.9. The molecule has 1 N–H and O–H groups in total. The molecule has 6 nitrogen and oxygen atoms in total. The number of imidazole rings is 1. The molecule has 0 aliphatic carbocycles. The minimum Gasteiger partial charge on any atom is -0.478 e. The number of fused-ring (bicyclic) bond motifs is 1. The Labute approximate surface area is 143 Å². The average molecular weight is 330 g/mol. The van der Waals surface area contributed by atoms with Gasteiger partial charge in [-0.3, -0.25) is 4.57 Å². The Bertz CT molecular complexity index is 1100. The van der Waals surface area contributed by atoms with Gasteiger partial charge in [-0.2, -0.15) is 0 Å². The molecule has 0 unspecified atom stereocenters. The first-order valence-electron chi connectivity index (χ1n) is 7.73. The first kappa shape index (κ1) is 15.0. The maximum Gasteiger partial charge on any atom is 0.336 e. The molecule has 4 aromatic rings. The van der Waals surface area contributed by atoms with E-state index in [9.17, 15) is 9.90 Å². The van der Waals surface area contributed by atoms with Crippen molar-refractivity contribution in [1.82, 2.24) is 19.5 Å². The lowest BCUT2D eigenvalue weighted by Gasteiger charge is -2.14. The van der Waals surface area contributed by atoms with Crippen LogP contribution >= 0.6 is 0 Å². The number of carboxylic acid groups (broad SMARTS) is 1. The number of carbonyl (C=O) groups is 1. The lowest BCUT2D eigenvalue weighted by Crippen LogP contribution is -2.02. The molecule has 0 aliphatic rings. The van der Waals surface area contributed by atoms with Crippen LogP contribution in [0.5, 0.6) is 0 Å². The predicted octanol–water partition coefficient (Wildman–Crippen LogP) is 3.49. The summed E-state index contributed by atoms with van der Waals surface area (Å²) < 4.78 is 1.87. The molecule has 0 atom stereocenters. The highest BCUT2D eigenvalue weighted by Crippen LogP contribution is 2.31. The van der Waals surface area contributed by atoms with Gasteiger partial charge in [0.2, 0.25) is 0 Å². The number of aromatic carboxylic acids is 1. The van der Waals surface area contributed by atoms with Gasteiger partial charge in [0.15, 0.2) is 11.3 Å². The van der Waals surface area contributed by atoms with E-state index in [4.69, 9.17) is 0 Å². The fourth-order valence-corrected chi connectivity index (χ4v) is 3.01. The van der Waals surface area contributed by atoms with Crippen molar-refractivity contribution in [3.63, 3.8) is 0 Å². The van der Waals surface area contributed by atoms with E-state index in [-0.39, 0.29) is 5.56 Å². The van der Waals surface area contributed by atoms with E-state index in [1.165, 1.54) is 0 Å². The van der Waals surface area contributed by atoms with Gasteiger partial charge in [-0.05, 0) is 35.7 Å². The van der Waals surface area contributed by atoms with Gasteiger partial charge in [0, 0.05) is 12.4 Å². The van der Waals surface area contributed by atoms with Gasteiger partial charge >= 0.3 is 5.97 Å². The largest absolute Gasteiger partial charge is 0.478 e. The Morgan fingerprint density at radius 1 is 0.960 bits per heavy atom. The Morgan fingerprint density at radius 2 is 1.72 bits per heavy atom. The van der Waals surface area contributed by atoms with Crippen LogP contribution in [0.25, 0.3) is 28.1 Å². The summed E-state index contributed by atoms with van der Waals surface area (Å²) in [5, 5.41) is 9.48. The van der Waals surface area contributed by atoms with E-state index in [0.29, 0.717) is 16.9 Å². The van der Waals surface area contributed by atoms with Gasteiger partial charge < -0.3 is 5.11 Å². The van der Waals surface area contributed by atoms with E-state index < -0.39 is 5.97 Å². The van der Waals surface area contributed by atoms with Crippen LogP contribution in [0.15, 0.2) is 61.2 Å². The van der Waals surface area contributed by atoms with E-state index >= 15 is 0 Å². The van der Waals surface area contributed by atoms with Gasteiger partial charge in [0.1, 0.15) is 6.33 Å². The lowest BCUT2D eigenvalue weighted by atomic mass is 9.95. The standard InChI is InChI=1S/C19H14N4O2/c1-12-13(14-5-2-3-6-15(14)19(24)25)7-4-8-16(12)23-11-22-17-18(23)21-10-9-20-17/h2-11H,1H3,(H,24,25). The summed E-state index contributed by atoms with van der Waals surface area (Å²) >= 11 is 0. The van der Waals surface area contributed by atoms with Crippen molar-refractivity contribution in [3.05, 3.63) is 72.3 Å². The number of hydrogen-bond acceptors (Lipinski definition) is 4. The van der Waals surface area contributed by atoms with Crippen LogP contribution in [0.1, 0.15) is 15.9 Å². The van der Waals surface area contributed by atoms with Gasteiger partial charge in [-0.1, -0.05) is 30.3 Å². The number of rotatable bonds is 3. The van der Waals surface area contributed by atoms with Gasteiger partial charge in [-0.25, -0.2) is 19.7 Å². The highest BCUT2D eigenvalue weighted by molar-refractivity contribution is 5.96. The molecule has 122 valence electrons. The molecule has 0 spiro atoms. The third kappa shape index (κ3) is 2.44. The summed E-state index contributed by atoms with van der Waals surface area (Å²) in [5.41, 5.74) is 4.89. The smallest absolute Gasteiger partial charge is 0.336 e. The molecule has 0 amide bonds. The van der Waals surface area contributed by atoms with E-state index in [1.54, 1.807) is 30.9 Å². The third-order valence-electron chi connectivity index (χ3n) is 4.20. The molecular weight excluding hydrogens is 316 g/mol. The van der Waals surface area contributed by atoms with Crippen LogP contribution in [0.2, 0.25) is 0 Å². The zero-order chi connectivity index (χ0) is 17.4. The van der Waals surface area contributed by atoms with Gasteiger partial charge in [-0.15, -0.1) is 0 Å². The third-order valence-corrected chi connectivity index (χ3v) is 4.20. The van der Waals surface area contributed by atoms with Crippen LogP contribution in [0.4, 0.5) is 0 Å². The molecule has 0 saturated heterocycles. The van der Waals surface area contributed by atoms with Crippen LogP contribution in [-0.4, -0.2) is 30.6 Å². The summed E-state index contributed by atoms with van der Waals surface area (Å²) in [4.78, 5) is 24.4. The van der Waals surface area contributed by atoms with E-state index in [2.05, 4.69) is 15.0 Å². The Hall–Kier alpha value is -3.54. The SMILES string of the molecule is Cc1c(-c2ccccc2C(=O)O)cccc1-n1cnc2nccnc21. The topological polar surface area (TPSA) is 80.9 Å². The number of benzene rings is 2. The monoisotopic (exact) mass is 330 g/mol. The molecule has 6 heteroatoms. The van der Waals surface area contributed by atoms with E-state index in [1.807, 2.05) is 41.8 Å². The van der Waals surface area contributed by atoms with Crippen LogP contribution < -0.4 is 0 Å². The number of carboxylic acids is 1. The zero-order valence-electron chi connectivity index (χ0n) is 13.4. The predicted molar refractivity (Wildman–Crippen MR) is 93.8 cm³/mol. The summed E-state index contributed by atoms with van der Waals surface area (Å²) in [6.45, 7) is 1.96. The molecule has 4 rings (SSSR count). The maximum absolute atomic E-state index is 11.6. The highest BCUT2D eigenvalue weighted by atomic mass is 16.4. The van der Waals surface area contributed by atoms with Crippen molar-refractivity contribution in [2.24, 2.45) is 0 Å². The number of nitrogens with zero attached hydrogens (tertiary/aromatic N) is 4. The molecule has 0 aliphatic heterocycles.